The van der Waals surface area contributed by atoms with E-state index in [1.807, 2.05) is 19.1 Å². The highest BCUT2D eigenvalue weighted by Gasteiger charge is 2.31. The van der Waals surface area contributed by atoms with Crippen LogP contribution in [0.4, 0.5) is 0 Å². The molecule has 0 spiro atoms. The van der Waals surface area contributed by atoms with Gasteiger partial charge in [0.05, 0.1) is 30.2 Å². The van der Waals surface area contributed by atoms with Crippen LogP contribution in [-0.2, 0) is 14.3 Å². The molecule has 1 aliphatic heterocycles. The Hall–Kier alpha value is -1.58. The molecule has 1 heterocycles. The number of benzene rings is 1. The number of carbonyl (C=O) groups is 2. The van der Waals surface area contributed by atoms with Gasteiger partial charge in [0.25, 0.3) is 5.91 Å². The minimum atomic E-state index is -0.303. The summed E-state index contributed by atoms with van der Waals surface area (Å²) in [5.41, 5.74) is 0.793. The standard InChI is InChI=1S/C18H20BrNO5S2/c1-4-25-13-9-11(8-12(19)16(13)24-3)10-14-17(22)20(18(26)27-14)7-5-6-15(21)23-2/h8-10H,4-7H2,1-3H3/b14-10-. The lowest BCUT2D eigenvalue weighted by Crippen LogP contribution is -2.29. The first-order valence-electron chi connectivity index (χ1n) is 8.23. The molecular weight excluding hydrogens is 454 g/mol. The third kappa shape index (κ3) is 5.46. The first kappa shape index (κ1) is 21.7. The van der Waals surface area contributed by atoms with Gasteiger partial charge in [-0.15, -0.1) is 0 Å². The third-order valence-corrected chi connectivity index (χ3v) is 5.66. The normalized spacial score (nSPS) is 15.4. The van der Waals surface area contributed by atoms with Crippen molar-refractivity contribution in [1.29, 1.82) is 0 Å². The van der Waals surface area contributed by atoms with Crippen LogP contribution in [0.1, 0.15) is 25.3 Å². The number of thioether (sulfide) groups is 1. The van der Waals surface area contributed by atoms with E-state index in [-0.39, 0.29) is 18.3 Å². The average Bonchev–Trinajstić information content (AvgIpc) is 2.89. The highest BCUT2D eigenvalue weighted by Crippen LogP contribution is 2.39. The number of halogens is 1. The van der Waals surface area contributed by atoms with Gasteiger partial charge >= 0.3 is 5.97 Å². The SMILES string of the molecule is CCOc1cc(/C=C2\SC(=S)N(CCCC(=O)OC)C2=O)cc(Br)c1OC. The van der Waals surface area contributed by atoms with Crippen LogP contribution in [0.5, 0.6) is 11.5 Å². The van der Waals surface area contributed by atoms with Crippen LogP contribution >= 0.6 is 39.9 Å². The van der Waals surface area contributed by atoms with Gasteiger partial charge in [0.2, 0.25) is 0 Å². The van der Waals surface area contributed by atoms with Gasteiger partial charge in [0, 0.05) is 13.0 Å². The maximum Gasteiger partial charge on any atom is 0.305 e. The van der Waals surface area contributed by atoms with E-state index in [2.05, 4.69) is 20.7 Å². The number of ether oxygens (including phenoxy) is 3. The lowest BCUT2D eigenvalue weighted by Gasteiger charge is -2.13. The Labute approximate surface area is 176 Å². The molecule has 6 nitrogen and oxygen atoms in total. The van der Waals surface area contributed by atoms with E-state index in [4.69, 9.17) is 21.7 Å². The van der Waals surface area contributed by atoms with Crippen molar-refractivity contribution in [2.75, 3.05) is 27.4 Å². The molecule has 0 atom stereocenters. The molecule has 1 aliphatic rings. The van der Waals surface area contributed by atoms with Gasteiger partial charge in [0.15, 0.2) is 11.5 Å². The van der Waals surface area contributed by atoms with Gasteiger partial charge in [-0.05, 0) is 53.0 Å². The Balaban J connectivity index is 2.18. The van der Waals surface area contributed by atoms with E-state index in [1.165, 1.54) is 23.8 Å². The number of hydrogen-bond donors (Lipinski definition) is 0. The van der Waals surface area contributed by atoms with Gasteiger partial charge in [-0.25, -0.2) is 0 Å². The average molecular weight is 474 g/mol. The van der Waals surface area contributed by atoms with E-state index >= 15 is 0 Å². The highest BCUT2D eigenvalue weighted by atomic mass is 79.9. The summed E-state index contributed by atoms with van der Waals surface area (Å²) in [6, 6.07) is 3.67. The molecule has 0 bridgehead atoms. The molecule has 1 amide bonds. The van der Waals surface area contributed by atoms with Crippen molar-refractivity contribution < 1.29 is 23.8 Å². The summed E-state index contributed by atoms with van der Waals surface area (Å²) in [5, 5.41) is 0. The van der Waals surface area contributed by atoms with Crippen LogP contribution in [0.3, 0.4) is 0 Å². The fourth-order valence-corrected chi connectivity index (χ4v) is 4.39. The van der Waals surface area contributed by atoms with Crippen LogP contribution in [0.15, 0.2) is 21.5 Å². The summed E-state index contributed by atoms with van der Waals surface area (Å²) >= 11 is 10.0. The van der Waals surface area contributed by atoms with E-state index in [1.54, 1.807) is 13.2 Å². The van der Waals surface area contributed by atoms with Crippen molar-refractivity contribution >= 4 is 62.2 Å². The molecule has 9 heteroatoms. The number of hydrogen-bond acceptors (Lipinski definition) is 7. The van der Waals surface area contributed by atoms with Crippen molar-refractivity contribution in [2.45, 2.75) is 19.8 Å². The quantitative estimate of drug-likeness (QED) is 0.321. The number of rotatable bonds is 8. The molecule has 1 saturated heterocycles. The van der Waals surface area contributed by atoms with Crippen molar-refractivity contribution in [2.24, 2.45) is 0 Å². The van der Waals surface area contributed by atoms with Gasteiger partial charge in [-0.2, -0.15) is 0 Å². The first-order chi connectivity index (χ1) is 12.9. The zero-order valence-corrected chi connectivity index (χ0v) is 18.5. The monoisotopic (exact) mass is 473 g/mol. The Morgan fingerprint density at radius 2 is 2.11 bits per heavy atom. The van der Waals surface area contributed by atoms with Crippen LogP contribution in [0.2, 0.25) is 0 Å². The smallest absolute Gasteiger partial charge is 0.305 e. The van der Waals surface area contributed by atoms with Gasteiger partial charge in [0.1, 0.15) is 4.32 Å². The predicted molar refractivity (Wildman–Crippen MR) is 113 cm³/mol. The molecule has 27 heavy (non-hydrogen) atoms. The molecule has 1 fully saturated rings. The molecule has 0 N–H and O–H groups in total. The second kappa shape index (κ2) is 10.1. The highest BCUT2D eigenvalue weighted by molar-refractivity contribution is 9.10. The van der Waals surface area contributed by atoms with Crippen LogP contribution in [-0.4, -0.2) is 48.5 Å². The third-order valence-electron chi connectivity index (χ3n) is 3.70. The summed E-state index contributed by atoms with van der Waals surface area (Å²) in [6.07, 6.45) is 2.51. The summed E-state index contributed by atoms with van der Waals surface area (Å²) in [7, 11) is 2.91. The predicted octanol–water partition coefficient (Wildman–Crippen LogP) is 4.01. The van der Waals surface area contributed by atoms with E-state index < -0.39 is 0 Å². The molecule has 1 aromatic rings. The summed E-state index contributed by atoms with van der Waals surface area (Å²) in [6.45, 7) is 2.77. The van der Waals surface area contributed by atoms with Gasteiger partial charge in [-0.3, -0.25) is 14.5 Å². The molecule has 0 aliphatic carbocycles. The van der Waals surface area contributed by atoms with Crippen LogP contribution in [0.25, 0.3) is 6.08 Å². The van der Waals surface area contributed by atoms with Crippen molar-refractivity contribution in [3.63, 3.8) is 0 Å². The maximum atomic E-state index is 12.6. The minimum absolute atomic E-state index is 0.167. The second-order valence-electron chi connectivity index (χ2n) is 5.48. The molecule has 2 rings (SSSR count). The van der Waals surface area contributed by atoms with Crippen molar-refractivity contribution in [3.05, 3.63) is 27.1 Å². The molecule has 146 valence electrons. The number of methoxy groups -OCH3 is 2. The lowest BCUT2D eigenvalue weighted by molar-refractivity contribution is -0.141. The molecule has 0 aromatic heterocycles. The summed E-state index contributed by atoms with van der Waals surface area (Å²) < 4.78 is 16.8. The molecule has 0 unspecified atom stereocenters. The Bertz CT molecular complexity index is 781. The summed E-state index contributed by atoms with van der Waals surface area (Å²) in [4.78, 5) is 25.9. The zero-order valence-electron chi connectivity index (χ0n) is 15.2. The molecule has 0 radical (unpaired) electrons. The van der Waals surface area contributed by atoms with E-state index in [0.717, 1.165) is 10.0 Å². The second-order valence-corrected chi connectivity index (χ2v) is 8.01. The summed E-state index contributed by atoms with van der Waals surface area (Å²) in [5.74, 6) is 0.723. The maximum absolute atomic E-state index is 12.6. The number of amides is 1. The topological polar surface area (TPSA) is 65.1 Å². The number of thiocarbonyl (C=S) groups is 1. The van der Waals surface area contributed by atoms with E-state index in [0.29, 0.717) is 40.3 Å². The first-order valence-corrected chi connectivity index (χ1v) is 10.3. The van der Waals surface area contributed by atoms with E-state index in [9.17, 15) is 9.59 Å². The minimum Gasteiger partial charge on any atom is -0.492 e. The fraction of sp³-hybridized carbons (Fsp3) is 0.389. The van der Waals surface area contributed by atoms with Crippen molar-refractivity contribution in [1.82, 2.24) is 4.90 Å². The lowest BCUT2D eigenvalue weighted by atomic mass is 10.2. The Morgan fingerprint density at radius 1 is 1.37 bits per heavy atom. The number of carbonyl (C=O) groups excluding carboxylic acids is 2. The zero-order chi connectivity index (χ0) is 20.0. The number of esters is 1. The van der Waals surface area contributed by atoms with Crippen molar-refractivity contribution in [3.8, 4) is 11.5 Å². The molecule has 0 saturated carbocycles. The molecule has 1 aromatic carbocycles. The van der Waals surface area contributed by atoms with Crippen LogP contribution < -0.4 is 9.47 Å². The Kier molecular flexibility index (Phi) is 8.12. The fourth-order valence-electron chi connectivity index (χ4n) is 2.46. The number of nitrogens with zero attached hydrogens (tertiary/aromatic N) is 1. The Morgan fingerprint density at radius 3 is 2.74 bits per heavy atom. The molecular formula is C18H20BrNO5S2. The largest absolute Gasteiger partial charge is 0.492 e. The van der Waals surface area contributed by atoms with Gasteiger partial charge in [-0.1, -0.05) is 24.0 Å². The van der Waals surface area contributed by atoms with Crippen LogP contribution in [0, 0.1) is 0 Å². The van der Waals surface area contributed by atoms with Gasteiger partial charge < -0.3 is 14.2 Å².